The molecule has 0 aromatic heterocycles. The molecular formula is C30H37ClN2O3. The molecule has 5 nitrogen and oxygen atoms in total. The molecule has 1 saturated carbocycles. The maximum atomic E-state index is 13.6. The van der Waals surface area contributed by atoms with Gasteiger partial charge in [-0.3, -0.25) is 9.59 Å². The van der Waals surface area contributed by atoms with Gasteiger partial charge in [0, 0.05) is 11.6 Å². The van der Waals surface area contributed by atoms with Crippen molar-refractivity contribution in [2.75, 3.05) is 13.1 Å². The SMILES string of the molecule is Cc1ccc(CCNC(=O)CN2C(=O)/C(=C\c3ccc(Cl)cc3)OC3CCC(C(C)(C)C)CC32)cc1. The van der Waals surface area contributed by atoms with Crippen LogP contribution in [0.3, 0.4) is 0 Å². The fraction of sp³-hybridized carbons (Fsp3) is 0.467. The quantitative estimate of drug-likeness (QED) is 0.502. The molecule has 36 heavy (non-hydrogen) atoms. The minimum atomic E-state index is -0.227. The molecule has 2 aromatic rings. The molecule has 1 N–H and O–H groups in total. The van der Waals surface area contributed by atoms with E-state index in [9.17, 15) is 9.59 Å². The van der Waals surface area contributed by atoms with Crippen LogP contribution in [0.1, 0.15) is 56.7 Å². The highest BCUT2D eigenvalue weighted by Crippen LogP contribution is 2.42. The summed E-state index contributed by atoms with van der Waals surface area (Å²) in [7, 11) is 0. The van der Waals surface area contributed by atoms with Crippen molar-refractivity contribution in [1.29, 1.82) is 0 Å². The predicted molar refractivity (Wildman–Crippen MR) is 144 cm³/mol. The normalized spacial score (nSPS) is 23.2. The number of hydrogen-bond donors (Lipinski definition) is 1. The molecule has 1 saturated heterocycles. The van der Waals surface area contributed by atoms with E-state index in [1.54, 1.807) is 23.1 Å². The molecule has 3 atom stereocenters. The topological polar surface area (TPSA) is 58.6 Å². The first-order chi connectivity index (χ1) is 17.1. The number of nitrogens with one attached hydrogen (secondary N) is 1. The van der Waals surface area contributed by atoms with Crippen molar-refractivity contribution in [3.05, 3.63) is 76.0 Å². The zero-order chi connectivity index (χ0) is 25.9. The summed E-state index contributed by atoms with van der Waals surface area (Å²) in [5.41, 5.74) is 3.37. The molecule has 192 valence electrons. The van der Waals surface area contributed by atoms with Gasteiger partial charge in [-0.2, -0.15) is 0 Å². The number of rotatable bonds is 6. The third kappa shape index (κ3) is 6.50. The zero-order valence-electron chi connectivity index (χ0n) is 21.7. The Morgan fingerprint density at radius 2 is 1.81 bits per heavy atom. The highest BCUT2D eigenvalue weighted by Gasteiger charge is 2.46. The van der Waals surface area contributed by atoms with E-state index in [-0.39, 0.29) is 35.9 Å². The molecule has 1 heterocycles. The first kappa shape index (κ1) is 26.3. The van der Waals surface area contributed by atoms with Crippen molar-refractivity contribution in [3.63, 3.8) is 0 Å². The van der Waals surface area contributed by atoms with E-state index < -0.39 is 0 Å². The molecule has 2 aliphatic rings. The zero-order valence-corrected chi connectivity index (χ0v) is 22.5. The number of hydrogen-bond acceptors (Lipinski definition) is 3. The summed E-state index contributed by atoms with van der Waals surface area (Å²) in [5, 5.41) is 3.65. The summed E-state index contributed by atoms with van der Waals surface area (Å²) >= 11 is 6.02. The Morgan fingerprint density at radius 1 is 1.11 bits per heavy atom. The molecule has 2 aromatic carbocycles. The first-order valence-corrected chi connectivity index (χ1v) is 13.2. The molecule has 2 fully saturated rings. The second-order valence-corrected chi connectivity index (χ2v) is 11.6. The molecule has 3 unspecified atom stereocenters. The van der Waals surface area contributed by atoms with Gasteiger partial charge in [0.2, 0.25) is 5.91 Å². The number of amides is 2. The van der Waals surface area contributed by atoms with Gasteiger partial charge in [-0.25, -0.2) is 0 Å². The highest BCUT2D eigenvalue weighted by molar-refractivity contribution is 6.30. The number of fused-ring (bicyclic) bond motifs is 1. The summed E-state index contributed by atoms with van der Waals surface area (Å²) in [6.45, 7) is 9.37. The van der Waals surface area contributed by atoms with Crippen LogP contribution in [0.15, 0.2) is 54.3 Å². The van der Waals surface area contributed by atoms with E-state index in [1.165, 1.54) is 11.1 Å². The minimum absolute atomic E-state index is 0.0338. The van der Waals surface area contributed by atoms with Crippen LogP contribution in [-0.2, 0) is 20.7 Å². The van der Waals surface area contributed by atoms with Crippen LogP contribution in [-0.4, -0.2) is 41.9 Å². The molecule has 0 spiro atoms. The molecule has 4 rings (SSSR count). The average molecular weight is 509 g/mol. The van der Waals surface area contributed by atoms with Crippen molar-refractivity contribution in [2.45, 2.75) is 65.5 Å². The maximum absolute atomic E-state index is 13.6. The van der Waals surface area contributed by atoms with Crippen LogP contribution in [0.4, 0.5) is 0 Å². The van der Waals surface area contributed by atoms with Gasteiger partial charge in [-0.1, -0.05) is 74.3 Å². The number of aryl methyl sites for hydroxylation is 1. The van der Waals surface area contributed by atoms with E-state index in [2.05, 4.69) is 57.3 Å². The Labute approximate surface area is 219 Å². The lowest BCUT2D eigenvalue weighted by atomic mass is 9.69. The van der Waals surface area contributed by atoms with Gasteiger partial charge >= 0.3 is 0 Å². The summed E-state index contributed by atoms with van der Waals surface area (Å²) in [5.74, 6) is 0.388. The Kier molecular flexibility index (Phi) is 8.09. The Morgan fingerprint density at radius 3 is 2.47 bits per heavy atom. The molecule has 1 aliphatic carbocycles. The van der Waals surface area contributed by atoms with E-state index in [1.807, 2.05) is 12.1 Å². The largest absolute Gasteiger partial charge is 0.482 e. The van der Waals surface area contributed by atoms with Gasteiger partial charge in [0.05, 0.1) is 6.04 Å². The summed E-state index contributed by atoms with van der Waals surface area (Å²) in [4.78, 5) is 28.3. The van der Waals surface area contributed by atoms with Crippen LogP contribution >= 0.6 is 11.6 Å². The molecule has 1 aliphatic heterocycles. The predicted octanol–water partition coefficient (Wildman–Crippen LogP) is 5.79. The van der Waals surface area contributed by atoms with Crippen LogP contribution in [0.25, 0.3) is 6.08 Å². The third-order valence-corrected chi connectivity index (χ3v) is 7.72. The molecular weight excluding hydrogens is 472 g/mol. The van der Waals surface area contributed by atoms with E-state index in [4.69, 9.17) is 16.3 Å². The summed E-state index contributed by atoms with van der Waals surface area (Å²) in [6, 6.07) is 15.5. The number of carbonyl (C=O) groups is 2. The molecule has 2 amide bonds. The first-order valence-electron chi connectivity index (χ1n) is 12.9. The van der Waals surface area contributed by atoms with E-state index >= 15 is 0 Å². The van der Waals surface area contributed by atoms with Gasteiger partial charge in [0.1, 0.15) is 12.6 Å². The van der Waals surface area contributed by atoms with Crippen molar-refractivity contribution in [2.24, 2.45) is 11.3 Å². The Balaban J connectivity index is 1.49. The van der Waals surface area contributed by atoms with Gasteiger partial charge in [-0.15, -0.1) is 0 Å². The number of ether oxygens (including phenoxy) is 1. The molecule has 0 radical (unpaired) electrons. The second kappa shape index (κ2) is 11.1. The highest BCUT2D eigenvalue weighted by atomic mass is 35.5. The number of halogens is 1. The fourth-order valence-electron chi connectivity index (χ4n) is 5.18. The van der Waals surface area contributed by atoms with Gasteiger partial charge < -0.3 is 15.0 Å². The smallest absolute Gasteiger partial charge is 0.289 e. The van der Waals surface area contributed by atoms with E-state index in [0.717, 1.165) is 31.2 Å². The second-order valence-electron chi connectivity index (χ2n) is 11.2. The van der Waals surface area contributed by atoms with Crippen molar-refractivity contribution < 1.29 is 14.3 Å². The van der Waals surface area contributed by atoms with Gasteiger partial charge in [0.15, 0.2) is 5.76 Å². The molecule has 6 heteroatoms. The van der Waals surface area contributed by atoms with Crippen molar-refractivity contribution in [3.8, 4) is 0 Å². The fourth-order valence-corrected chi connectivity index (χ4v) is 5.31. The average Bonchev–Trinajstić information content (AvgIpc) is 2.83. The van der Waals surface area contributed by atoms with Crippen LogP contribution in [0.5, 0.6) is 0 Å². The third-order valence-electron chi connectivity index (χ3n) is 7.47. The lowest BCUT2D eigenvalue weighted by molar-refractivity contribution is -0.154. The monoisotopic (exact) mass is 508 g/mol. The van der Waals surface area contributed by atoms with Gasteiger partial charge in [-0.05, 0) is 73.3 Å². The van der Waals surface area contributed by atoms with Crippen LogP contribution in [0.2, 0.25) is 5.02 Å². The lowest BCUT2D eigenvalue weighted by Gasteiger charge is -2.48. The minimum Gasteiger partial charge on any atom is -0.482 e. The Bertz CT molecular complexity index is 1100. The van der Waals surface area contributed by atoms with Crippen molar-refractivity contribution in [1.82, 2.24) is 10.2 Å². The number of carbonyl (C=O) groups excluding carboxylic acids is 2. The number of benzene rings is 2. The van der Waals surface area contributed by atoms with Crippen LogP contribution in [0, 0.1) is 18.3 Å². The van der Waals surface area contributed by atoms with E-state index in [0.29, 0.717) is 23.2 Å². The lowest BCUT2D eigenvalue weighted by Crippen LogP contribution is -2.58. The summed E-state index contributed by atoms with van der Waals surface area (Å²) in [6.07, 6.45) is 5.15. The maximum Gasteiger partial charge on any atom is 0.289 e. The van der Waals surface area contributed by atoms with Crippen LogP contribution < -0.4 is 5.32 Å². The Hall–Kier alpha value is -2.79. The number of morpholine rings is 1. The summed E-state index contributed by atoms with van der Waals surface area (Å²) < 4.78 is 6.26. The number of nitrogens with zero attached hydrogens (tertiary/aromatic N) is 1. The van der Waals surface area contributed by atoms with Gasteiger partial charge in [0.25, 0.3) is 5.91 Å². The van der Waals surface area contributed by atoms with Crippen molar-refractivity contribution >= 4 is 29.5 Å². The molecule has 0 bridgehead atoms. The standard InChI is InChI=1S/C30H37ClN2O3/c1-20-5-7-21(8-6-20)15-16-32-28(34)19-33-25-18-23(30(2,3)4)11-14-26(25)36-27(29(33)35)17-22-9-12-24(31)13-10-22/h5-10,12-13,17,23,25-26H,11,14-16,18-19H2,1-4H3,(H,32,34)/b27-17+.